The molecule has 0 spiro atoms. The average Bonchev–Trinajstić information content (AvgIpc) is 2.80. The molecule has 7 heteroatoms. The van der Waals surface area contributed by atoms with Gasteiger partial charge in [0.25, 0.3) is 0 Å². The fourth-order valence-corrected chi connectivity index (χ4v) is 3.41. The van der Waals surface area contributed by atoms with Crippen LogP contribution in [-0.4, -0.2) is 9.97 Å². The largest absolute Gasteiger partial charge is 0.225 e. The lowest BCUT2D eigenvalue weighted by Gasteiger charge is -2.06. The van der Waals surface area contributed by atoms with Crippen molar-refractivity contribution in [2.75, 3.05) is 0 Å². The molecule has 2 nitrogen and oxygen atoms in total. The Morgan fingerprint density at radius 3 is 2.26 bits per heavy atom. The molecule has 1 aromatic carbocycles. The molecule has 96 valence electrons. The molecular weight excluding hydrogens is 346 g/mol. The predicted molar refractivity (Wildman–Crippen MR) is 82.9 cm³/mol. The minimum Gasteiger partial charge on any atom is -0.225 e. The van der Waals surface area contributed by atoms with Gasteiger partial charge >= 0.3 is 0 Å². The van der Waals surface area contributed by atoms with Crippen molar-refractivity contribution < 1.29 is 0 Å². The fraction of sp³-hybridized carbons (Fsp3) is 0. The molecular formula is C12H4Cl4N2S. The molecule has 0 saturated heterocycles. The highest BCUT2D eigenvalue weighted by atomic mass is 35.5. The van der Waals surface area contributed by atoms with Crippen molar-refractivity contribution in [3.8, 4) is 10.7 Å². The summed E-state index contributed by atoms with van der Waals surface area (Å²) in [5.41, 5.74) is 0.536. The zero-order chi connectivity index (χ0) is 13.6. The Bertz CT molecular complexity index is 785. The van der Waals surface area contributed by atoms with Gasteiger partial charge in [0.05, 0.1) is 30.2 Å². The molecule has 3 aromatic rings. The van der Waals surface area contributed by atoms with Crippen LogP contribution in [0, 0.1) is 0 Å². The first kappa shape index (κ1) is 13.4. The standard InChI is InChI=1S/C12H4Cl4N2S/c13-5-1-2-6(14)10-9(5)11(16)18-12(17-10)7-3-4-8(15)19-7/h1-4H. The molecule has 0 aliphatic carbocycles. The number of aromatic nitrogens is 2. The maximum absolute atomic E-state index is 6.17. The van der Waals surface area contributed by atoms with Crippen molar-refractivity contribution in [1.82, 2.24) is 9.97 Å². The predicted octanol–water partition coefficient (Wildman–Crippen LogP) is 5.97. The second-order valence-electron chi connectivity index (χ2n) is 3.69. The van der Waals surface area contributed by atoms with E-state index in [-0.39, 0.29) is 5.15 Å². The third-order valence-corrected chi connectivity index (χ3v) is 4.62. The van der Waals surface area contributed by atoms with Crippen molar-refractivity contribution in [3.63, 3.8) is 0 Å². The molecule has 0 unspecified atom stereocenters. The molecule has 0 fully saturated rings. The summed E-state index contributed by atoms with van der Waals surface area (Å²) in [6, 6.07) is 6.97. The smallest absolute Gasteiger partial charge is 0.171 e. The van der Waals surface area contributed by atoms with Gasteiger partial charge in [-0.05, 0) is 24.3 Å². The Hall–Kier alpha value is -0.580. The monoisotopic (exact) mass is 348 g/mol. The van der Waals surface area contributed by atoms with E-state index in [2.05, 4.69) is 9.97 Å². The molecule has 0 N–H and O–H groups in total. The highest BCUT2D eigenvalue weighted by Crippen LogP contribution is 2.36. The number of hydrogen-bond acceptors (Lipinski definition) is 3. The minimum absolute atomic E-state index is 0.275. The van der Waals surface area contributed by atoms with Gasteiger partial charge in [0.15, 0.2) is 5.82 Å². The normalized spacial score (nSPS) is 11.2. The quantitative estimate of drug-likeness (QED) is 0.505. The van der Waals surface area contributed by atoms with E-state index in [9.17, 15) is 0 Å². The van der Waals surface area contributed by atoms with Gasteiger partial charge in [-0.1, -0.05) is 46.4 Å². The highest BCUT2D eigenvalue weighted by Gasteiger charge is 2.14. The van der Waals surface area contributed by atoms with Gasteiger partial charge in [0.1, 0.15) is 5.15 Å². The van der Waals surface area contributed by atoms with Crippen LogP contribution in [0.2, 0.25) is 19.5 Å². The van der Waals surface area contributed by atoms with E-state index in [1.807, 2.05) is 6.07 Å². The van der Waals surface area contributed by atoms with Crippen LogP contribution < -0.4 is 0 Å². The van der Waals surface area contributed by atoms with Gasteiger partial charge in [-0.2, -0.15) is 0 Å². The van der Waals surface area contributed by atoms with Gasteiger partial charge in [-0.3, -0.25) is 0 Å². The Kier molecular flexibility index (Phi) is 3.58. The lowest BCUT2D eigenvalue weighted by molar-refractivity contribution is 1.24. The third-order valence-electron chi connectivity index (χ3n) is 2.50. The second kappa shape index (κ2) is 5.08. The summed E-state index contributed by atoms with van der Waals surface area (Å²) < 4.78 is 0.659. The molecule has 2 heterocycles. The number of thiophene rings is 1. The summed E-state index contributed by atoms with van der Waals surface area (Å²) in [7, 11) is 0. The maximum atomic E-state index is 6.17. The van der Waals surface area contributed by atoms with E-state index in [1.165, 1.54) is 11.3 Å². The van der Waals surface area contributed by atoms with Gasteiger partial charge in [0, 0.05) is 0 Å². The number of hydrogen-bond donors (Lipinski definition) is 0. The van der Waals surface area contributed by atoms with E-state index >= 15 is 0 Å². The van der Waals surface area contributed by atoms with Crippen molar-refractivity contribution in [3.05, 3.63) is 43.8 Å². The van der Waals surface area contributed by atoms with Gasteiger partial charge < -0.3 is 0 Å². The van der Waals surface area contributed by atoms with Crippen LogP contribution in [-0.2, 0) is 0 Å². The number of nitrogens with zero attached hydrogens (tertiary/aromatic N) is 2. The SMILES string of the molecule is Clc1ccc(-c2nc(Cl)c3c(Cl)ccc(Cl)c3n2)s1. The lowest BCUT2D eigenvalue weighted by Crippen LogP contribution is -1.91. The summed E-state index contributed by atoms with van der Waals surface area (Å²) >= 11 is 25.7. The van der Waals surface area contributed by atoms with Crippen LogP contribution in [0.4, 0.5) is 0 Å². The Morgan fingerprint density at radius 1 is 0.842 bits per heavy atom. The zero-order valence-electron chi connectivity index (χ0n) is 9.12. The van der Waals surface area contributed by atoms with Crippen LogP contribution >= 0.6 is 57.7 Å². The van der Waals surface area contributed by atoms with Gasteiger partial charge in [-0.25, -0.2) is 9.97 Å². The summed E-state index contributed by atoms with van der Waals surface area (Å²) in [5, 5.41) is 1.78. The fourth-order valence-electron chi connectivity index (χ4n) is 1.67. The average molecular weight is 350 g/mol. The van der Waals surface area contributed by atoms with E-state index in [0.717, 1.165) is 4.88 Å². The molecule has 0 aliphatic rings. The van der Waals surface area contributed by atoms with Crippen molar-refractivity contribution in [1.29, 1.82) is 0 Å². The Labute approximate surface area is 132 Å². The van der Waals surface area contributed by atoms with Crippen LogP contribution in [0.1, 0.15) is 0 Å². The summed E-state index contributed by atoms with van der Waals surface area (Å²) in [5.74, 6) is 0.485. The molecule has 0 radical (unpaired) electrons. The van der Waals surface area contributed by atoms with Crippen LogP contribution in [0.15, 0.2) is 24.3 Å². The Balaban J connectivity index is 2.33. The summed E-state index contributed by atoms with van der Waals surface area (Å²) in [6.45, 7) is 0. The Morgan fingerprint density at radius 2 is 1.58 bits per heavy atom. The van der Waals surface area contributed by atoms with E-state index in [0.29, 0.717) is 31.1 Å². The topological polar surface area (TPSA) is 25.8 Å². The molecule has 0 atom stereocenters. The molecule has 0 bridgehead atoms. The number of fused-ring (bicyclic) bond motifs is 1. The van der Waals surface area contributed by atoms with Gasteiger partial charge in [0.2, 0.25) is 0 Å². The van der Waals surface area contributed by atoms with Crippen molar-refractivity contribution >= 4 is 68.6 Å². The summed E-state index contributed by atoms with van der Waals surface area (Å²) in [4.78, 5) is 9.49. The highest BCUT2D eigenvalue weighted by molar-refractivity contribution is 7.19. The first-order valence-electron chi connectivity index (χ1n) is 5.13. The molecule has 0 aliphatic heterocycles. The van der Waals surface area contributed by atoms with E-state index in [4.69, 9.17) is 46.4 Å². The first-order chi connectivity index (χ1) is 9.06. The second-order valence-corrected chi connectivity index (χ2v) is 6.58. The molecule has 0 saturated carbocycles. The number of benzene rings is 1. The molecule has 19 heavy (non-hydrogen) atoms. The first-order valence-corrected chi connectivity index (χ1v) is 7.46. The van der Waals surface area contributed by atoms with E-state index < -0.39 is 0 Å². The molecule has 3 rings (SSSR count). The minimum atomic E-state index is 0.275. The molecule has 2 aromatic heterocycles. The van der Waals surface area contributed by atoms with Crippen LogP contribution in [0.3, 0.4) is 0 Å². The van der Waals surface area contributed by atoms with E-state index in [1.54, 1.807) is 18.2 Å². The van der Waals surface area contributed by atoms with Gasteiger partial charge in [-0.15, -0.1) is 11.3 Å². The lowest BCUT2D eigenvalue weighted by atomic mass is 10.2. The summed E-state index contributed by atoms with van der Waals surface area (Å²) in [6.07, 6.45) is 0. The van der Waals surface area contributed by atoms with Crippen LogP contribution in [0.25, 0.3) is 21.6 Å². The van der Waals surface area contributed by atoms with Crippen LogP contribution in [0.5, 0.6) is 0 Å². The molecule has 0 amide bonds. The zero-order valence-corrected chi connectivity index (χ0v) is 13.0. The van der Waals surface area contributed by atoms with Crippen molar-refractivity contribution in [2.45, 2.75) is 0 Å². The third kappa shape index (κ3) is 2.41. The number of halogens is 4. The maximum Gasteiger partial charge on any atom is 0.171 e. The van der Waals surface area contributed by atoms with Crippen molar-refractivity contribution in [2.24, 2.45) is 0 Å². The number of rotatable bonds is 1.